The van der Waals surface area contributed by atoms with Crippen LogP contribution in [0.4, 0.5) is 10.1 Å². The van der Waals surface area contributed by atoms with Crippen LogP contribution in [0.2, 0.25) is 5.02 Å². The molecule has 0 spiro atoms. The van der Waals surface area contributed by atoms with Crippen molar-refractivity contribution in [3.63, 3.8) is 0 Å². The molecule has 4 aromatic rings. The number of rotatable bonds is 4. The summed E-state index contributed by atoms with van der Waals surface area (Å²) in [6.45, 7) is 4.19. The molecule has 1 aliphatic rings. The molecular weight excluding hydrogens is 455 g/mol. The highest BCUT2D eigenvalue weighted by Gasteiger charge is 2.42. The van der Waals surface area contributed by atoms with Crippen molar-refractivity contribution in [1.82, 2.24) is 14.9 Å². The van der Waals surface area contributed by atoms with Crippen LogP contribution in [0.15, 0.2) is 79.1 Å². The third-order valence-corrected chi connectivity index (χ3v) is 6.74. The second-order valence-corrected chi connectivity index (χ2v) is 8.96. The predicted molar refractivity (Wildman–Crippen MR) is 135 cm³/mol. The van der Waals surface area contributed by atoms with Gasteiger partial charge in [0.15, 0.2) is 5.11 Å². The number of nitrogens with zero attached hydrogens (tertiary/aromatic N) is 3. The Morgan fingerprint density at radius 2 is 1.79 bits per heavy atom. The SMILES string of the molecule is Cc1ccc(N2C(=S)N[C@@H](c3ccccn3)[C@H]2c2cccn2-c2ccc(F)c(Cl)c2)cc1C. The number of pyridine rings is 1. The van der Waals surface area contributed by atoms with Gasteiger partial charge in [0.25, 0.3) is 0 Å². The highest BCUT2D eigenvalue weighted by molar-refractivity contribution is 7.80. The number of aryl methyl sites for hydroxylation is 2. The quantitative estimate of drug-likeness (QED) is 0.343. The molecule has 33 heavy (non-hydrogen) atoms. The Balaban J connectivity index is 1.68. The van der Waals surface area contributed by atoms with Crippen molar-refractivity contribution in [3.8, 4) is 5.69 Å². The fraction of sp³-hybridized carbons (Fsp3) is 0.154. The lowest BCUT2D eigenvalue weighted by atomic mass is 10.00. The van der Waals surface area contributed by atoms with Crippen LogP contribution in [0.5, 0.6) is 0 Å². The zero-order valence-corrected chi connectivity index (χ0v) is 19.7. The van der Waals surface area contributed by atoms with Gasteiger partial charge in [-0.25, -0.2) is 4.39 Å². The van der Waals surface area contributed by atoms with E-state index in [4.69, 9.17) is 23.8 Å². The van der Waals surface area contributed by atoms with Crippen LogP contribution < -0.4 is 10.2 Å². The first-order valence-corrected chi connectivity index (χ1v) is 11.4. The maximum atomic E-state index is 13.8. The first-order valence-electron chi connectivity index (χ1n) is 10.6. The van der Waals surface area contributed by atoms with E-state index in [1.807, 2.05) is 35.0 Å². The average molecular weight is 477 g/mol. The summed E-state index contributed by atoms with van der Waals surface area (Å²) in [6.07, 6.45) is 3.74. The number of thiocarbonyl (C=S) groups is 1. The van der Waals surface area contributed by atoms with Gasteiger partial charge in [-0.05, 0) is 91.8 Å². The van der Waals surface area contributed by atoms with E-state index in [1.54, 1.807) is 18.3 Å². The molecule has 1 aliphatic heterocycles. The smallest absolute Gasteiger partial charge is 0.174 e. The van der Waals surface area contributed by atoms with Gasteiger partial charge in [-0.1, -0.05) is 23.7 Å². The second kappa shape index (κ2) is 8.61. The van der Waals surface area contributed by atoms with Crippen LogP contribution >= 0.6 is 23.8 Å². The molecule has 0 aliphatic carbocycles. The maximum absolute atomic E-state index is 13.8. The minimum Gasteiger partial charge on any atom is -0.351 e. The third kappa shape index (κ3) is 3.90. The van der Waals surface area contributed by atoms with E-state index in [2.05, 4.69) is 53.3 Å². The van der Waals surface area contributed by atoms with Crippen LogP contribution in [-0.4, -0.2) is 14.7 Å². The molecule has 5 rings (SSSR count). The summed E-state index contributed by atoms with van der Waals surface area (Å²) in [5.74, 6) is -0.444. The van der Waals surface area contributed by atoms with Gasteiger partial charge >= 0.3 is 0 Å². The third-order valence-electron chi connectivity index (χ3n) is 6.13. The number of hydrogen-bond acceptors (Lipinski definition) is 2. The van der Waals surface area contributed by atoms with Crippen molar-refractivity contribution < 1.29 is 4.39 Å². The van der Waals surface area contributed by atoms with Gasteiger partial charge in [-0.2, -0.15) is 0 Å². The van der Waals surface area contributed by atoms with Gasteiger partial charge in [0.1, 0.15) is 11.9 Å². The molecule has 1 N–H and O–H groups in total. The molecule has 3 heterocycles. The number of halogens is 2. The number of aromatic nitrogens is 2. The Morgan fingerprint density at radius 3 is 2.52 bits per heavy atom. The molecule has 166 valence electrons. The number of nitrogens with one attached hydrogen (secondary N) is 1. The molecule has 0 unspecified atom stereocenters. The number of anilines is 1. The van der Waals surface area contributed by atoms with E-state index in [-0.39, 0.29) is 17.1 Å². The summed E-state index contributed by atoms with van der Waals surface area (Å²) >= 11 is 11.9. The fourth-order valence-corrected chi connectivity index (χ4v) is 4.83. The van der Waals surface area contributed by atoms with Crippen molar-refractivity contribution in [2.45, 2.75) is 25.9 Å². The lowest BCUT2D eigenvalue weighted by molar-refractivity contribution is 0.549. The van der Waals surface area contributed by atoms with Crippen molar-refractivity contribution in [2.75, 3.05) is 4.90 Å². The largest absolute Gasteiger partial charge is 0.351 e. The monoisotopic (exact) mass is 476 g/mol. The highest BCUT2D eigenvalue weighted by atomic mass is 35.5. The van der Waals surface area contributed by atoms with E-state index in [0.717, 1.165) is 22.8 Å². The molecule has 0 amide bonds. The maximum Gasteiger partial charge on any atom is 0.174 e. The van der Waals surface area contributed by atoms with E-state index in [1.165, 1.54) is 17.2 Å². The molecule has 0 bridgehead atoms. The zero-order valence-electron chi connectivity index (χ0n) is 18.2. The van der Waals surface area contributed by atoms with Crippen LogP contribution in [0.3, 0.4) is 0 Å². The van der Waals surface area contributed by atoms with Gasteiger partial charge < -0.3 is 14.8 Å². The summed E-state index contributed by atoms with van der Waals surface area (Å²) in [5.41, 5.74) is 6.07. The second-order valence-electron chi connectivity index (χ2n) is 8.17. The van der Waals surface area contributed by atoms with E-state index in [0.29, 0.717) is 5.11 Å². The van der Waals surface area contributed by atoms with Gasteiger partial charge in [-0.3, -0.25) is 4.98 Å². The molecule has 0 radical (unpaired) electrons. The molecule has 4 nitrogen and oxygen atoms in total. The summed E-state index contributed by atoms with van der Waals surface area (Å²) in [7, 11) is 0. The first-order chi connectivity index (χ1) is 15.9. The highest BCUT2D eigenvalue weighted by Crippen LogP contribution is 2.42. The molecule has 0 saturated carbocycles. The Labute approximate surface area is 202 Å². The average Bonchev–Trinajstić information content (AvgIpc) is 3.42. The molecule has 7 heteroatoms. The van der Waals surface area contributed by atoms with Crippen LogP contribution in [0, 0.1) is 19.7 Å². The van der Waals surface area contributed by atoms with Crippen molar-refractivity contribution in [2.24, 2.45) is 0 Å². The van der Waals surface area contributed by atoms with Crippen LogP contribution in [0.25, 0.3) is 5.69 Å². The van der Waals surface area contributed by atoms with E-state index < -0.39 is 5.82 Å². The lowest BCUT2D eigenvalue weighted by Crippen LogP contribution is -2.30. The van der Waals surface area contributed by atoms with Gasteiger partial charge in [0.2, 0.25) is 0 Å². The van der Waals surface area contributed by atoms with E-state index in [9.17, 15) is 4.39 Å². The van der Waals surface area contributed by atoms with Gasteiger partial charge in [-0.15, -0.1) is 0 Å². The standard InChI is InChI=1S/C26H22ClFN4S/c1-16-8-9-19(14-17(16)2)32-25(24(30-26(32)33)22-6-3-4-12-29-22)23-7-5-13-31(23)18-10-11-21(28)20(27)15-18/h3-15,24-25H,1-2H3,(H,30,33)/t24-,25+/m0/s1. The normalized spacial score (nSPS) is 17.9. The Bertz CT molecular complexity index is 1340. The van der Waals surface area contributed by atoms with Crippen molar-refractivity contribution >= 4 is 34.6 Å². The van der Waals surface area contributed by atoms with Crippen molar-refractivity contribution in [3.05, 3.63) is 112 Å². The Morgan fingerprint density at radius 1 is 0.970 bits per heavy atom. The van der Waals surface area contributed by atoms with Crippen LogP contribution in [-0.2, 0) is 0 Å². The topological polar surface area (TPSA) is 33.1 Å². The Hall–Kier alpha value is -3.22. The fourth-order valence-electron chi connectivity index (χ4n) is 4.31. The number of hydrogen-bond donors (Lipinski definition) is 1. The molecule has 2 atom stereocenters. The van der Waals surface area contributed by atoms with Gasteiger partial charge in [0.05, 0.1) is 16.8 Å². The van der Waals surface area contributed by atoms with Crippen LogP contribution in [0.1, 0.15) is 34.6 Å². The minimum atomic E-state index is -0.444. The summed E-state index contributed by atoms with van der Waals surface area (Å²) in [5, 5.41) is 4.20. The lowest BCUT2D eigenvalue weighted by Gasteiger charge is -2.29. The number of benzene rings is 2. The molecule has 2 aromatic heterocycles. The molecule has 1 fully saturated rings. The summed E-state index contributed by atoms with van der Waals surface area (Å²) < 4.78 is 15.9. The minimum absolute atomic E-state index is 0.0829. The molecular formula is C26H22ClFN4S. The zero-order chi connectivity index (χ0) is 23.1. The summed E-state index contributed by atoms with van der Waals surface area (Å²) in [4.78, 5) is 6.75. The molecule has 1 saturated heterocycles. The molecule has 2 aromatic carbocycles. The summed E-state index contributed by atoms with van der Waals surface area (Å²) in [6, 6.07) is 20.6. The first kappa shape index (κ1) is 21.6. The van der Waals surface area contributed by atoms with E-state index >= 15 is 0 Å². The predicted octanol–water partition coefficient (Wildman–Crippen LogP) is 6.46. The van der Waals surface area contributed by atoms with Crippen molar-refractivity contribution in [1.29, 1.82) is 0 Å². The Kier molecular flexibility index (Phi) is 5.64. The van der Waals surface area contributed by atoms with Gasteiger partial charge in [0, 0.05) is 29.5 Å².